The summed E-state index contributed by atoms with van der Waals surface area (Å²) in [6, 6.07) is 6.12. The van der Waals surface area contributed by atoms with E-state index in [9.17, 15) is 9.18 Å². The van der Waals surface area contributed by atoms with Crippen LogP contribution in [0, 0.1) is 9.39 Å². The molecule has 0 bridgehead atoms. The first-order valence-electron chi connectivity index (χ1n) is 4.73. The third-order valence-corrected chi connectivity index (χ3v) is 3.07. The molecule has 0 atom stereocenters. The second kappa shape index (κ2) is 5.14. The number of nitrogens with zero attached hydrogens (tertiary/aromatic N) is 2. The molecular formula is C11H7ClFIN2O. The number of aromatic nitrogens is 2. The van der Waals surface area contributed by atoms with Crippen LogP contribution in [0.5, 0.6) is 0 Å². The van der Waals surface area contributed by atoms with Gasteiger partial charge in [0.25, 0.3) is 5.56 Å². The van der Waals surface area contributed by atoms with Gasteiger partial charge in [0, 0.05) is 15.2 Å². The molecular weight excluding hydrogens is 357 g/mol. The first-order valence-corrected chi connectivity index (χ1v) is 6.19. The molecule has 0 radical (unpaired) electrons. The molecule has 0 unspecified atom stereocenters. The molecule has 17 heavy (non-hydrogen) atoms. The summed E-state index contributed by atoms with van der Waals surface area (Å²) in [6.07, 6.45) is 1.55. The van der Waals surface area contributed by atoms with Crippen LogP contribution in [0.2, 0.25) is 5.02 Å². The first-order chi connectivity index (χ1) is 8.08. The van der Waals surface area contributed by atoms with Crippen molar-refractivity contribution in [2.75, 3.05) is 0 Å². The van der Waals surface area contributed by atoms with Gasteiger partial charge >= 0.3 is 0 Å². The summed E-state index contributed by atoms with van der Waals surface area (Å²) in [5, 5.41) is 3.97. The predicted molar refractivity (Wildman–Crippen MR) is 71.7 cm³/mol. The molecule has 0 aliphatic heterocycles. The largest absolute Gasteiger partial charge is 0.268 e. The molecule has 0 saturated heterocycles. The van der Waals surface area contributed by atoms with E-state index in [4.69, 9.17) is 11.6 Å². The molecule has 0 amide bonds. The van der Waals surface area contributed by atoms with Crippen LogP contribution in [0.3, 0.4) is 0 Å². The Morgan fingerprint density at radius 3 is 2.94 bits per heavy atom. The van der Waals surface area contributed by atoms with E-state index in [1.165, 1.54) is 16.8 Å². The van der Waals surface area contributed by atoms with Crippen LogP contribution >= 0.6 is 34.2 Å². The Kier molecular flexibility index (Phi) is 3.78. The molecule has 0 spiro atoms. The molecule has 0 fully saturated rings. The van der Waals surface area contributed by atoms with Crippen molar-refractivity contribution in [3.8, 4) is 0 Å². The zero-order valence-electron chi connectivity index (χ0n) is 8.53. The molecule has 2 rings (SSSR count). The van der Waals surface area contributed by atoms with Gasteiger partial charge in [-0.3, -0.25) is 4.79 Å². The Balaban J connectivity index is 2.38. The zero-order valence-corrected chi connectivity index (χ0v) is 11.4. The highest BCUT2D eigenvalue weighted by Crippen LogP contribution is 2.18. The quantitative estimate of drug-likeness (QED) is 0.768. The van der Waals surface area contributed by atoms with E-state index in [1.54, 1.807) is 18.3 Å². The van der Waals surface area contributed by atoms with Gasteiger partial charge in [0.2, 0.25) is 0 Å². The van der Waals surface area contributed by atoms with Gasteiger partial charge in [-0.25, -0.2) is 9.07 Å². The predicted octanol–water partition coefficient (Wildman–Crippen LogP) is 2.69. The van der Waals surface area contributed by atoms with Crippen molar-refractivity contribution in [2.24, 2.45) is 0 Å². The minimum absolute atomic E-state index is 0.0426. The third kappa shape index (κ3) is 2.84. The molecule has 1 aromatic heterocycles. The number of halogens is 3. The van der Waals surface area contributed by atoms with Crippen LogP contribution in [0.4, 0.5) is 4.39 Å². The molecule has 0 N–H and O–H groups in total. The van der Waals surface area contributed by atoms with E-state index in [0.717, 1.165) is 3.57 Å². The highest BCUT2D eigenvalue weighted by molar-refractivity contribution is 14.1. The standard InChI is InChI=1S/C11H7ClFIN2O/c12-9-3-1-2-7(11(9)13)6-16-10(17)4-8(14)5-15-16/h1-5H,6H2. The fraction of sp³-hybridized carbons (Fsp3) is 0.0909. The number of hydrogen-bond acceptors (Lipinski definition) is 2. The number of benzene rings is 1. The maximum atomic E-state index is 13.6. The van der Waals surface area contributed by atoms with Crippen LogP contribution in [0.1, 0.15) is 5.56 Å². The Bertz CT molecular complexity index is 615. The maximum Gasteiger partial charge on any atom is 0.268 e. The fourth-order valence-electron chi connectivity index (χ4n) is 1.36. The average molecular weight is 365 g/mol. The summed E-state index contributed by atoms with van der Waals surface area (Å²) in [5.74, 6) is -0.513. The minimum Gasteiger partial charge on any atom is -0.268 e. The van der Waals surface area contributed by atoms with Crippen LogP contribution in [0.15, 0.2) is 35.3 Å². The average Bonchev–Trinajstić information content (AvgIpc) is 2.28. The lowest BCUT2D eigenvalue weighted by atomic mass is 10.2. The number of rotatable bonds is 2. The van der Waals surface area contributed by atoms with Gasteiger partial charge in [0.15, 0.2) is 0 Å². The summed E-state index contributed by atoms with van der Waals surface area (Å²) >= 11 is 7.66. The van der Waals surface area contributed by atoms with Crippen molar-refractivity contribution < 1.29 is 4.39 Å². The molecule has 0 aliphatic rings. The Hall–Kier alpha value is -0.950. The highest BCUT2D eigenvalue weighted by atomic mass is 127. The SMILES string of the molecule is O=c1cc(I)cnn1Cc1cccc(Cl)c1F. The summed E-state index contributed by atoms with van der Waals surface area (Å²) in [4.78, 5) is 11.6. The van der Waals surface area contributed by atoms with E-state index in [0.29, 0.717) is 5.56 Å². The molecule has 3 nitrogen and oxygen atoms in total. The maximum absolute atomic E-state index is 13.6. The van der Waals surface area contributed by atoms with Gasteiger partial charge in [-0.1, -0.05) is 23.7 Å². The Morgan fingerprint density at radius 2 is 2.24 bits per heavy atom. The van der Waals surface area contributed by atoms with Gasteiger partial charge in [0.1, 0.15) is 5.82 Å². The van der Waals surface area contributed by atoms with Crippen LogP contribution in [-0.2, 0) is 6.54 Å². The summed E-state index contributed by atoms with van der Waals surface area (Å²) in [7, 11) is 0. The van der Waals surface area contributed by atoms with Crippen LogP contribution in [0.25, 0.3) is 0 Å². The molecule has 1 heterocycles. The van der Waals surface area contributed by atoms with Crippen LogP contribution < -0.4 is 5.56 Å². The molecule has 88 valence electrons. The minimum atomic E-state index is -0.513. The van der Waals surface area contributed by atoms with Gasteiger partial charge in [0.05, 0.1) is 17.8 Å². The third-order valence-electron chi connectivity index (χ3n) is 2.19. The normalized spacial score (nSPS) is 10.5. The topological polar surface area (TPSA) is 34.9 Å². The summed E-state index contributed by atoms with van der Waals surface area (Å²) < 4.78 is 15.6. The van der Waals surface area contributed by atoms with Gasteiger partial charge < -0.3 is 0 Å². The Labute approximate surface area is 115 Å². The molecule has 6 heteroatoms. The van der Waals surface area contributed by atoms with E-state index >= 15 is 0 Å². The number of hydrogen-bond donors (Lipinski definition) is 0. The molecule has 1 aromatic carbocycles. The van der Waals surface area contributed by atoms with E-state index < -0.39 is 5.82 Å². The van der Waals surface area contributed by atoms with Crippen LogP contribution in [-0.4, -0.2) is 9.78 Å². The summed E-state index contributed by atoms with van der Waals surface area (Å²) in [6.45, 7) is 0.0716. The molecule has 2 aromatic rings. The summed E-state index contributed by atoms with van der Waals surface area (Å²) in [5.41, 5.74) is 0.0737. The monoisotopic (exact) mass is 364 g/mol. The van der Waals surface area contributed by atoms with Crippen molar-refractivity contribution in [1.29, 1.82) is 0 Å². The lowest BCUT2D eigenvalue weighted by molar-refractivity contribution is 0.572. The van der Waals surface area contributed by atoms with E-state index in [2.05, 4.69) is 5.10 Å². The van der Waals surface area contributed by atoms with E-state index in [-0.39, 0.29) is 17.1 Å². The van der Waals surface area contributed by atoms with Gasteiger partial charge in [-0.05, 0) is 28.7 Å². The van der Waals surface area contributed by atoms with Crippen molar-refractivity contribution in [1.82, 2.24) is 9.78 Å². The highest BCUT2D eigenvalue weighted by Gasteiger charge is 2.08. The lowest BCUT2D eigenvalue weighted by Crippen LogP contribution is -2.23. The van der Waals surface area contributed by atoms with Crippen molar-refractivity contribution in [3.63, 3.8) is 0 Å². The molecule has 0 aliphatic carbocycles. The lowest BCUT2D eigenvalue weighted by Gasteiger charge is -2.06. The van der Waals surface area contributed by atoms with Gasteiger partial charge in [-0.15, -0.1) is 0 Å². The smallest absolute Gasteiger partial charge is 0.268 e. The second-order valence-corrected chi connectivity index (χ2v) is 5.04. The fourth-order valence-corrected chi connectivity index (χ4v) is 1.95. The van der Waals surface area contributed by atoms with E-state index in [1.807, 2.05) is 22.6 Å². The Morgan fingerprint density at radius 1 is 1.47 bits per heavy atom. The first kappa shape index (κ1) is 12.5. The van der Waals surface area contributed by atoms with Gasteiger partial charge in [-0.2, -0.15) is 5.10 Å². The van der Waals surface area contributed by atoms with Crippen molar-refractivity contribution >= 4 is 34.2 Å². The van der Waals surface area contributed by atoms with Crippen molar-refractivity contribution in [2.45, 2.75) is 6.54 Å². The van der Waals surface area contributed by atoms with Crippen molar-refractivity contribution in [3.05, 3.63) is 60.8 Å². The second-order valence-electron chi connectivity index (χ2n) is 3.38. The molecule has 0 saturated carbocycles. The zero-order chi connectivity index (χ0) is 12.4.